The number of amides is 1. The molecule has 0 radical (unpaired) electrons. The van der Waals surface area contributed by atoms with Crippen molar-refractivity contribution in [1.82, 2.24) is 4.90 Å². The molecule has 1 saturated heterocycles. The Morgan fingerprint density at radius 2 is 2.04 bits per heavy atom. The quantitative estimate of drug-likeness (QED) is 0.820. The second kappa shape index (κ2) is 8.32. The van der Waals surface area contributed by atoms with E-state index in [0.717, 1.165) is 31.7 Å². The van der Waals surface area contributed by atoms with Gasteiger partial charge in [0.2, 0.25) is 5.91 Å². The zero-order valence-electron chi connectivity index (χ0n) is 15.3. The Morgan fingerprint density at radius 3 is 2.77 bits per heavy atom. The van der Waals surface area contributed by atoms with Crippen molar-refractivity contribution in [2.75, 3.05) is 23.7 Å². The molecular formula is C21H26FN3O. The van der Waals surface area contributed by atoms with Crippen molar-refractivity contribution in [3.8, 4) is 0 Å². The van der Waals surface area contributed by atoms with E-state index in [2.05, 4.69) is 46.7 Å². The van der Waals surface area contributed by atoms with Gasteiger partial charge in [-0.25, -0.2) is 4.39 Å². The van der Waals surface area contributed by atoms with Crippen LogP contribution in [-0.4, -0.2) is 29.9 Å². The van der Waals surface area contributed by atoms with E-state index in [1.165, 1.54) is 18.6 Å². The number of benzene rings is 2. The lowest BCUT2D eigenvalue weighted by atomic mass is 10.0. The second-order valence-electron chi connectivity index (χ2n) is 7.08. The molecule has 1 fully saturated rings. The van der Waals surface area contributed by atoms with Crippen molar-refractivity contribution < 1.29 is 9.18 Å². The van der Waals surface area contributed by atoms with Crippen molar-refractivity contribution in [2.45, 2.75) is 32.9 Å². The maximum atomic E-state index is 13.8. The summed E-state index contributed by atoms with van der Waals surface area (Å²) in [7, 11) is 0. The molecule has 4 nitrogen and oxygen atoms in total. The Kier molecular flexibility index (Phi) is 5.89. The summed E-state index contributed by atoms with van der Waals surface area (Å²) >= 11 is 0. The molecule has 26 heavy (non-hydrogen) atoms. The molecule has 1 aliphatic heterocycles. The average molecular weight is 355 g/mol. The number of rotatable bonds is 6. The lowest BCUT2D eigenvalue weighted by molar-refractivity contribution is -0.114. The average Bonchev–Trinajstić information content (AvgIpc) is 3.07. The normalized spacial score (nSPS) is 18.5. The molecule has 3 rings (SSSR count). The zero-order chi connectivity index (χ0) is 18.5. The summed E-state index contributed by atoms with van der Waals surface area (Å²) in [4.78, 5) is 13.7. The van der Waals surface area contributed by atoms with E-state index in [0.29, 0.717) is 5.92 Å². The van der Waals surface area contributed by atoms with Crippen LogP contribution in [0.15, 0.2) is 48.5 Å². The van der Waals surface area contributed by atoms with E-state index in [1.807, 2.05) is 6.07 Å². The van der Waals surface area contributed by atoms with Gasteiger partial charge in [0.1, 0.15) is 5.82 Å². The molecule has 138 valence electrons. The van der Waals surface area contributed by atoms with E-state index in [4.69, 9.17) is 0 Å². The van der Waals surface area contributed by atoms with Crippen LogP contribution < -0.4 is 10.6 Å². The molecule has 0 aromatic heterocycles. The summed E-state index contributed by atoms with van der Waals surface area (Å²) < 4.78 is 13.8. The minimum atomic E-state index is -0.423. The summed E-state index contributed by atoms with van der Waals surface area (Å²) in [5.74, 6) is -0.164. The molecular weight excluding hydrogens is 329 g/mol. The standard InChI is InChI=1S/C21H26FN3O/c1-15(23-19-8-9-20(22)21(12-19)24-16(2)26)18-10-11-25(14-18)13-17-6-4-3-5-7-17/h3-9,12,15,18,23H,10-11,13-14H2,1-2H3,(H,24,26)/t15-,18+/m1/s1. The van der Waals surface area contributed by atoms with Gasteiger partial charge in [-0.3, -0.25) is 9.69 Å². The van der Waals surface area contributed by atoms with Gasteiger partial charge >= 0.3 is 0 Å². The van der Waals surface area contributed by atoms with Gasteiger partial charge in [0.05, 0.1) is 5.69 Å². The number of nitrogens with zero attached hydrogens (tertiary/aromatic N) is 1. The fourth-order valence-corrected chi connectivity index (χ4v) is 3.54. The largest absolute Gasteiger partial charge is 0.382 e. The number of hydrogen-bond acceptors (Lipinski definition) is 3. The fourth-order valence-electron chi connectivity index (χ4n) is 3.54. The van der Waals surface area contributed by atoms with Crippen LogP contribution in [0.2, 0.25) is 0 Å². The summed E-state index contributed by atoms with van der Waals surface area (Å²) in [6.45, 7) is 6.66. The predicted molar refractivity (Wildman–Crippen MR) is 104 cm³/mol. The molecule has 2 aromatic rings. The van der Waals surface area contributed by atoms with Gasteiger partial charge in [-0.15, -0.1) is 0 Å². The van der Waals surface area contributed by atoms with E-state index in [-0.39, 0.29) is 17.6 Å². The molecule has 0 unspecified atom stereocenters. The molecule has 5 heteroatoms. The van der Waals surface area contributed by atoms with Crippen molar-refractivity contribution in [2.24, 2.45) is 5.92 Å². The Labute approximate surface area is 154 Å². The van der Waals surface area contributed by atoms with Crippen molar-refractivity contribution in [3.05, 3.63) is 59.9 Å². The number of nitrogens with one attached hydrogen (secondary N) is 2. The molecule has 0 saturated carbocycles. The first-order valence-electron chi connectivity index (χ1n) is 9.11. The molecule has 2 atom stereocenters. The number of carbonyl (C=O) groups is 1. The van der Waals surface area contributed by atoms with E-state index >= 15 is 0 Å². The molecule has 2 aromatic carbocycles. The SMILES string of the molecule is CC(=O)Nc1cc(N[C@H](C)[C@H]2CCN(Cc3ccccc3)C2)ccc1F. The van der Waals surface area contributed by atoms with Crippen molar-refractivity contribution in [1.29, 1.82) is 0 Å². The van der Waals surface area contributed by atoms with Crippen LogP contribution in [0.4, 0.5) is 15.8 Å². The van der Waals surface area contributed by atoms with Crippen LogP contribution in [0.25, 0.3) is 0 Å². The number of carbonyl (C=O) groups excluding carboxylic acids is 1. The Bertz CT molecular complexity index is 750. The third kappa shape index (κ3) is 4.82. The summed E-state index contributed by atoms with van der Waals surface area (Å²) in [6, 6.07) is 15.6. The third-order valence-corrected chi connectivity index (χ3v) is 4.94. The maximum absolute atomic E-state index is 13.8. The highest BCUT2D eigenvalue weighted by Gasteiger charge is 2.27. The van der Waals surface area contributed by atoms with Crippen LogP contribution in [0.5, 0.6) is 0 Å². The zero-order valence-corrected chi connectivity index (χ0v) is 15.3. The van der Waals surface area contributed by atoms with Gasteiger partial charge in [-0.1, -0.05) is 30.3 Å². The lowest BCUT2D eigenvalue weighted by Gasteiger charge is -2.23. The highest BCUT2D eigenvalue weighted by atomic mass is 19.1. The summed E-state index contributed by atoms with van der Waals surface area (Å²) in [5.41, 5.74) is 2.38. The van der Waals surface area contributed by atoms with Gasteiger partial charge in [0.15, 0.2) is 0 Å². The number of anilines is 2. The lowest BCUT2D eigenvalue weighted by Crippen LogP contribution is -2.29. The predicted octanol–water partition coefficient (Wildman–Crippen LogP) is 4.11. The topological polar surface area (TPSA) is 44.4 Å². The van der Waals surface area contributed by atoms with Gasteiger partial charge in [-0.05, 0) is 49.6 Å². The van der Waals surface area contributed by atoms with Crippen LogP contribution in [0.1, 0.15) is 25.8 Å². The third-order valence-electron chi connectivity index (χ3n) is 4.94. The molecule has 0 aliphatic carbocycles. The first-order chi connectivity index (χ1) is 12.5. The smallest absolute Gasteiger partial charge is 0.221 e. The Balaban J connectivity index is 1.57. The van der Waals surface area contributed by atoms with Crippen molar-refractivity contribution >= 4 is 17.3 Å². The van der Waals surface area contributed by atoms with E-state index in [9.17, 15) is 9.18 Å². The molecule has 1 heterocycles. The number of hydrogen-bond donors (Lipinski definition) is 2. The molecule has 0 bridgehead atoms. The first-order valence-corrected chi connectivity index (χ1v) is 9.11. The Morgan fingerprint density at radius 1 is 1.27 bits per heavy atom. The van der Waals surface area contributed by atoms with E-state index in [1.54, 1.807) is 12.1 Å². The van der Waals surface area contributed by atoms with Gasteiger partial charge in [0, 0.05) is 31.7 Å². The van der Waals surface area contributed by atoms with Crippen LogP contribution >= 0.6 is 0 Å². The van der Waals surface area contributed by atoms with Crippen LogP contribution in [0.3, 0.4) is 0 Å². The summed E-state index contributed by atoms with van der Waals surface area (Å²) in [5, 5.41) is 5.99. The Hall–Kier alpha value is -2.40. The summed E-state index contributed by atoms with van der Waals surface area (Å²) in [6.07, 6.45) is 1.14. The van der Waals surface area contributed by atoms with Crippen LogP contribution in [-0.2, 0) is 11.3 Å². The first kappa shape index (κ1) is 18.4. The highest BCUT2D eigenvalue weighted by molar-refractivity contribution is 5.89. The highest BCUT2D eigenvalue weighted by Crippen LogP contribution is 2.26. The van der Waals surface area contributed by atoms with E-state index < -0.39 is 5.82 Å². The number of likely N-dealkylation sites (tertiary alicyclic amines) is 1. The molecule has 1 aliphatic rings. The molecule has 2 N–H and O–H groups in total. The maximum Gasteiger partial charge on any atom is 0.221 e. The molecule has 1 amide bonds. The fraction of sp³-hybridized carbons (Fsp3) is 0.381. The van der Waals surface area contributed by atoms with Gasteiger partial charge in [-0.2, -0.15) is 0 Å². The monoisotopic (exact) mass is 355 g/mol. The van der Waals surface area contributed by atoms with Crippen molar-refractivity contribution in [3.63, 3.8) is 0 Å². The van der Waals surface area contributed by atoms with Gasteiger partial charge < -0.3 is 10.6 Å². The molecule has 0 spiro atoms. The van der Waals surface area contributed by atoms with Gasteiger partial charge in [0.25, 0.3) is 0 Å². The second-order valence-corrected chi connectivity index (χ2v) is 7.08. The van der Waals surface area contributed by atoms with Crippen LogP contribution in [0, 0.1) is 11.7 Å². The minimum absolute atomic E-state index is 0.215. The number of halogens is 1. The minimum Gasteiger partial charge on any atom is -0.382 e.